The summed E-state index contributed by atoms with van der Waals surface area (Å²) in [6.45, 7) is 9.15. The van der Waals surface area contributed by atoms with Crippen LogP contribution in [0.3, 0.4) is 0 Å². The van der Waals surface area contributed by atoms with E-state index in [9.17, 15) is 4.79 Å². The summed E-state index contributed by atoms with van der Waals surface area (Å²) in [5, 5.41) is 0. The Kier molecular flexibility index (Phi) is 4.80. The number of rotatable bonds is 2. The van der Waals surface area contributed by atoms with E-state index in [4.69, 9.17) is 10.5 Å². The largest absolute Gasteiger partial charge is 0.444 e. The smallest absolute Gasteiger partial charge is 0.410 e. The molecule has 1 saturated heterocycles. The van der Waals surface area contributed by atoms with Crippen LogP contribution in [0.5, 0.6) is 0 Å². The molecule has 17 heavy (non-hydrogen) atoms. The molecule has 0 aromatic rings. The number of carbonyl (C=O) groups is 1. The van der Waals surface area contributed by atoms with Crippen molar-refractivity contribution in [1.82, 2.24) is 4.90 Å². The van der Waals surface area contributed by atoms with Gasteiger partial charge in [0.25, 0.3) is 0 Å². The van der Waals surface area contributed by atoms with E-state index in [1.54, 1.807) is 0 Å². The highest BCUT2D eigenvalue weighted by Gasteiger charge is 2.32. The van der Waals surface area contributed by atoms with Crippen molar-refractivity contribution >= 4 is 6.09 Å². The van der Waals surface area contributed by atoms with Crippen LogP contribution in [0.15, 0.2) is 0 Å². The predicted molar refractivity (Wildman–Crippen MR) is 68.8 cm³/mol. The van der Waals surface area contributed by atoms with Gasteiger partial charge in [-0.15, -0.1) is 0 Å². The number of nitrogens with two attached hydrogens (primary N) is 1. The van der Waals surface area contributed by atoms with Gasteiger partial charge in [-0.2, -0.15) is 0 Å². The van der Waals surface area contributed by atoms with Crippen molar-refractivity contribution in [2.75, 3.05) is 13.1 Å². The minimum Gasteiger partial charge on any atom is -0.444 e. The Morgan fingerprint density at radius 2 is 2.06 bits per heavy atom. The number of hydrogen-bond acceptors (Lipinski definition) is 3. The molecule has 4 heteroatoms. The lowest BCUT2D eigenvalue weighted by Gasteiger charge is -2.39. The lowest BCUT2D eigenvalue weighted by molar-refractivity contribution is 0.00386. The van der Waals surface area contributed by atoms with Crippen LogP contribution in [0.25, 0.3) is 0 Å². The number of carbonyl (C=O) groups excluding carboxylic acids is 1. The van der Waals surface area contributed by atoms with Crippen LogP contribution in [0.2, 0.25) is 0 Å². The van der Waals surface area contributed by atoms with E-state index in [1.807, 2.05) is 25.7 Å². The number of nitrogens with zero attached hydrogens (tertiary/aromatic N) is 1. The Bertz CT molecular complexity index is 261. The Balaban J connectivity index is 2.66. The highest BCUT2D eigenvalue weighted by atomic mass is 16.6. The Morgan fingerprint density at radius 1 is 1.41 bits per heavy atom. The number of amides is 1. The average Bonchev–Trinajstić information content (AvgIpc) is 2.25. The first kappa shape index (κ1) is 14.3. The predicted octanol–water partition coefficient (Wildman–Crippen LogP) is 2.37. The van der Waals surface area contributed by atoms with Crippen LogP contribution in [0.4, 0.5) is 4.79 Å². The van der Waals surface area contributed by atoms with Gasteiger partial charge >= 0.3 is 6.09 Å². The van der Waals surface area contributed by atoms with Crippen LogP contribution < -0.4 is 5.73 Å². The van der Waals surface area contributed by atoms with Gasteiger partial charge in [0.05, 0.1) is 0 Å². The van der Waals surface area contributed by atoms with E-state index >= 15 is 0 Å². The normalized spacial score (nSPS) is 25.8. The second kappa shape index (κ2) is 5.71. The monoisotopic (exact) mass is 242 g/mol. The zero-order valence-corrected chi connectivity index (χ0v) is 11.5. The van der Waals surface area contributed by atoms with Crippen molar-refractivity contribution in [3.05, 3.63) is 0 Å². The molecule has 0 aromatic heterocycles. The van der Waals surface area contributed by atoms with Crippen molar-refractivity contribution in [3.8, 4) is 0 Å². The van der Waals surface area contributed by atoms with Gasteiger partial charge in [-0.1, -0.05) is 13.3 Å². The van der Waals surface area contributed by atoms with Gasteiger partial charge < -0.3 is 15.4 Å². The highest BCUT2D eigenvalue weighted by Crippen LogP contribution is 2.25. The molecule has 0 unspecified atom stereocenters. The maximum atomic E-state index is 12.1. The molecular weight excluding hydrogens is 216 g/mol. The first-order valence-corrected chi connectivity index (χ1v) is 6.57. The molecule has 0 spiro atoms. The van der Waals surface area contributed by atoms with Crippen molar-refractivity contribution in [3.63, 3.8) is 0 Å². The van der Waals surface area contributed by atoms with E-state index in [0.717, 1.165) is 25.8 Å². The van der Waals surface area contributed by atoms with Gasteiger partial charge in [0, 0.05) is 19.1 Å². The molecule has 1 heterocycles. The van der Waals surface area contributed by atoms with Gasteiger partial charge in [-0.3, -0.25) is 0 Å². The molecular formula is C13H26N2O2. The average molecular weight is 242 g/mol. The fourth-order valence-electron chi connectivity index (χ4n) is 2.22. The topological polar surface area (TPSA) is 55.6 Å². The maximum Gasteiger partial charge on any atom is 0.410 e. The molecule has 4 nitrogen and oxygen atoms in total. The van der Waals surface area contributed by atoms with Gasteiger partial charge in [-0.25, -0.2) is 4.79 Å². The molecule has 2 N–H and O–H groups in total. The lowest BCUT2D eigenvalue weighted by atomic mass is 9.91. The van der Waals surface area contributed by atoms with Crippen LogP contribution in [-0.2, 0) is 4.74 Å². The maximum absolute atomic E-state index is 12.1. The Hall–Kier alpha value is -0.770. The summed E-state index contributed by atoms with van der Waals surface area (Å²) in [6, 6.07) is 0.146. The summed E-state index contributed by atoms with van der Waals surface area (Å²) in [7, 11) is 0. The van der Waals surface area contributed by atoms with Gasteiger partial charge in [0.15, 0.2) is 0 Å². The summed E-state index contributed by atoms with van der Waals surface area (Å²) < 4.78 is 5.43. The molecule has 1 amide bonds. The second-order valence-corrected chi connectivity index (χ2v) is 5.87. The number of ether oxygens (including phenoxy) is 1. The molecule has 1 rings (SSSR count). The zero-order valence-electron chi connectivity index (χ0n) is 11.5. The summed E-state index contributed by atoms with van der Waals surface area (Å²) in [4.78, 5) is 13.9. The SMILES string of the molecule is CC[C@@H]1CC[C@@H](CN)N(C(=O)OC(C)(C)C)C1. The minimum absolute atomic E-state index is 0.146. The molecule has 0 bridgehead atoms. The van der Waals surface area contributed by atoms with Crippen molar-refractivity contribution in [2.45, 2.75) is 58.6 Å². The first-order valence-electron chi connectivity index (χ1n) is 6.57. The molecule has 0 radical (unpaired) electrons. The van der Waals surface area contributed by atoms with E-state index in [1.165, 1.54) is 0 Å². The molecule has 2 atom stereocenters. The third kappa shape index (κ3) is 4.19. The van der Waals surface area contributed by atoms with Crippen molar-refractivity contribution in [2.24, 2.45) is 11.7 Å². The lowest BCUT2D eigenvalue weighted by Crippen LogP contribution is -2.51. The molecule has 1 aliphatic rings. The van der Waals surface area contributed by atoms with Gasteiger partial charge in [0.2, 0.25) is 0 Å². The Labute approximate surface area is 104 Å². The summed E-state index contributed by atoms with van der Waals surface area (Å²) in [5.41, 5.74) is 5.30. The standard InChI is InChI=1S/C13H26N2O2/c1-5-10-6-7-11(8-14)15(9-10)12(16)17-13(2,3)4/h10-11H,5-9,14H2,1-4H3/t10-,11+/m1/s1. The first-order chi connectivity index (χ1) is 7.87. The fourth-order valence-corrected chi connectivity index (χ4v) is 2.22. The number of piperidine rings is 1. The Morgan fingerprint density at radius 3 is 2.53 bits per heavy atom. The summed E-state index contributed by atoms with van der Waals surface area (Å²) >= 11 is 0. The van der Waals surface area contributed by atoms with E-state index in [-0.39, 0.29) is 12.1 Å². The van der Waals surface area contributed by atoms with E-state index < -0.39 is 5.60 Å². The van der Waals surface area contributed by atoms with Gasteiger partial charge in [0.1, 0.15) is 5.60 Å². The second-order valence-electron chi connectivity index (χ2n) is 5.87. The quantitative estimate of drug-likeness (QED) is 0.808. The number of hydrogen-bond donors (Lipinski definition) is 1. The zero-order chi connectivity index (χ0) is 13.1. The van der Waals surface area contributed by atoms with Crippen molar-refractivity contribution in [1.29, 1.82) is 0 Å². The molecule has 0 saturated carbocycles. The van der Waals surface area contributed by atoms with E-state index in [2.05, 4.69) is 6.92 Å². The minimum atomic E-state index is -0.435. The molecule has 1 aliphatic heterocycles. The summed E-state index contributed by atoms with van der Waals surface area (Å²) in [6.07, 6.45) is 3.05. The van der Waals surface area contributed by atoms with Gasteiger partial charge in [-0.05, 0) is 39.5 Å². The van der Waals surface area contributed by atoms with Crippen LogP contribution >= 0.6 is 0 Å². The molecule has 1 fully saturated rings. The van der Waals surface area contributed by atoms with Crippen LogP contribution in [-0.4, -0.2) is 35.7 Å². The molecule has 0 aliphatic carbocycles. The summed E-state index contributed by atoms with van der Waals surface area (Å²) in [5.74, 6) is 0.588. The van der Waals surface area contributed by atoms with Crippen LogP contribution in [0.1, 0.15) is 47.0 Å². The molecule has 100 valence electrons. The highest BCUT2D eigenvalue weighted by molar-refractivity contribution is 5.68. The van der Waals surface area contributed by atoms with Crippen LogP contribution in [0, 0.1) is 5.92 Å². The molecule has 0 aromatic carbocycles. The van der Waals surface area contributed by atoms with Crippen molar-refractivity contribution < 1.29 is 9.53 Å². The van der Waals surface area contributed by atoms with E-state index in [0.29, 0.717) is 12.5 Å². The third-order valence-corrected chi connectivity index (χ3v) is 3.28. The third-order valence-electron chi connectivity index (χ3n) is 3.28. The fraction of sp³-hybridized carbons (Fsp3) is 0.923. The number of likely N-dealkylation sites (tertiary alicyclic amines) is 1.